The second-order valence-electron chi connectivity index (χ2n) is 4.31. The van der Waals surface area contributed by atoms with Crippen molar-refractivity contribution >= 4 is 27.6 Å². The van der Waals surface area contributed by atoms with Gasteiger partial charge in [0.2, 0.25) is 0 Å². The van der Waals surface area contributed by atoms with Crippen LogP contribution in [-0.4, -0.2) is 33.6 Å². The van der Waals surface area contributed by atoms with Crippen molar-refractivity contribution < 1.29 is 9.90 Å². The van der Waals surface area contributed by atoms with Gasteiger partial charge in [0.25, 0.3) is 0 Å². The SMILES string of the molecule is CC(CO)NC(=O)Nc1cnn(-c2ccccc2Br)c1. The molecule has 2 amide bonds. The number of nitrogens with zero attached hydrogens (tertiary/aromatic N) is 2. The Morgan fingerprint density at radius 3 is 2.95 bits per heavy atom. The van der Waals surface area contributed by atoms with Gasteiger partial charge in [0.1, 0.15) is 0 Å². The number of nitrogens with one attached hydrogen (secondary N) is 2. The monoisotopic (exact) mass is 338 g/mol. The fourth-order valence-electron chi connectivity index (χ4n) is 1.59. The molecule has 20 heavy (non-hydrogen) atoms. The van der Waals surface area contributed by atoms with Crippen LogP contribution in [0.25, 0.3) is 5.69 Å². The Morgan fingerprint density at radius 1 is 1.50 bits per heavy atom. The van der Waals surface area contributed by atoms with Gasteiger partial charge in [-0.05, 0) is 35.0 Å². The molecular formula is C13H15BrN4O2. The molecule has 1 aromatic carbocycles. The summed E-state index contributed by atoms with van der Waals surface area (Å²) in [5.74, 6) is 0. The summed E-state index contributed by atoms with van der Waals surface area (Å²) in [6, 6.07) is 6.98. The smallest absolute Gasteiger partial charge is 0.319 e. The van der Waals surface area contributed by atoms with Gasteiger partial charge < -0.3 is 15.7 Å². The third-order valence-electron chi connectivity index (χ3n) is 2.59. The first-order chi connectivity index (χ1) is 9.60. The summed E-state index contributed by atoms with van der Waals surface area (Å²) in [6.45, 7) is 1.60. The number of rotatable bonds is 4. The molecule has 3 N–H and O–H groups in total. The van der Waals surface area contributed by atoms with Gasteiger partial charge in [0.05, 0.1) is 36.4 Å². The molecule has 1 unspecified atom stereocenters. The van der Waals surface area contributed by atoms with E-state index < -0.39 is 0 Å². The average Bonchev–Trinajstić information content (AvgIpc) is 2.87. The Hall–Kier alpha value is -1.86. The van der Waals surface area contributed by atoms with Crippen molar-refractivity contribution in [2.24, 2.45) is 0 Å². The van der Waals surface area contributed by atoms with Gasteiger partial charge in [0, 0.05) is 4.47 Å². The van der Waals surface area contributed by atoms with Crippen LogP contribution in [0.4, 0.5) is 10.5 Å². The fourth-order valence-corrected chi connectivity index (χ4v) is 2.06. The van der Waals surface area contributed by atoms with E-state index in [1.165, 1.54) is 0 Å². The molecule has 0 aliphatic carbocycles. The number of aliphatic hydroxyl groups is 1. The summed E-state index contributed by atoms with van der Waals surface area (Å²) in [4.78, 5) is 11.6. The highest BCUT2D eigenvalue weighted by Crippen LogP contribution is 2.20. The van der Waals surface area contributed by atoms with E-state index in [-0.39, 0.29) is 18.7 Å². The maximum absolute atomic E-state index is 11.6. The molecule has 7 heteroatoms. The maximum Gasteiger partial charge on any atom is 0.319 e. The molecule has 2 rings (SSSR count). The largest absolute Gasteiger partial charge is 0.394 e. The Labute approximate surface area is 124 Å². The number of amides is 2. The van der Waals surface area contributed by atoms with Gasteiger partial charge >= 0.3 is 6.03 Å². The minimum absolute atomic E-state index is 0.107. The van der Waals surface area contributed by atoms with E-state index in [9.17, 15) is 4.79 Å². The summed E-state index contributed by atoms with van der Waals surface area (Å²) < 4.78 is 2.57. The lowest BCUT2D eigenvalue weighted by Crippen LogP contribution is -2.38. The molecule has 0 aliphatic rings. The molecule has 0 spiro atoms. The molecule has 0 saturated heterocycles. The number of aliphatic hydroxyl groups excluding tert-OH is 1. The van der Waals surface area contributed by atoms with Crippen molar-refractivity contribution in [3.63, 3.8) is 0 Å². The van der Waals surface area contributed by atoms with E-state index >= 15 is 0 Å². The number of anilines is 1. The number of para-hydroxylation sites is 1. The van der Waals surface area contributed by atoms with E-state index in [0.717, 1.165) is 10.2 Å². The highest BCUT2D eigenvalue weighted by atomic mass is 79.9. The first-order valence-electron chi connectivity index (χ1n) is 6.08. The highest BCUT2D eigenvalue weighted by Gasteiger charge is 2.08. The van der Waals surface area contributed by atoms with Crippen LogP contribution >= 0.6 is 15.9 Å². The van der Waals surface area contributed by atoms with Crippen molar-refractivity contribution in [2.45, 2.75) is 13.0 Å². The van der Waals surface area contributed by atoms with Gasteiger partial charge in [-0.2, -0.15) is 5.10 Å². The highest BCUT2D eigenvalue weighted by molar-refractivity contribution is 9.10. The van der Waals surface area contributed by atoms with Crippen LogP contribution < -0.4 is 10.6 Å². The molecule has 1 aromatic heterocycles. The molecule has 2 aromatic rings. The van der Waals surface area contributed by atoms with E-state index in [1.54, 1.807) is 24.0 Å². The number of halogens is 1. The number of carbonyl (C=O) groups is 1. The van der Waals surface area contributed by atoms with E-state index in [0.29, 0.717) is 5.69 Å². The molecule has 1 atom stereocenters. The van der Waals surface area contributed by atoms with Crippen LogP contribution in [-0.2, 0) is 0 Å². The van der Waals surface area contributed by atoms with Gasteiger partial charge in [-0.15, -0.1) is 0 Å². The molecule has 106 valence electrons. The maximum atomic E-state index is 11.6. The average molecular weight is 339 g/mol. The zero-order valence-corrected chi connectivity index (χ0v) is 12.5. The van der Waals surface area contributed by atoms with Gasteiger partial charge in [0.15, 0.2) is 0 Å². The van der Waals surface area contributed by atoms with Crippen LogP contribution in [0.2, 0.25) is 0 Å². The molecular weight excluding hydrogens is 324 g/mol. The molecule has 6 nitrogen and oxygen atoms in total. The quantitative estimate of drug-likeness (QED) is 0.799. The number of hydrogen-bond donors (Lipinski definition) is 3. The molecule has 0 bridgehead atoms. The Balaban J connectivity index is 2.06. The van der Waals surface area contributed by atoms with Crippen molar-refractivity contribution in [3.8, 4) is 5.69 Å². The summed E-state index contributed by atoms with van der Waals surface area (Å²) in [5.41, 5.74) is 1.45. The van der Waals surface area contributed by atoms with Crippen molar-refractivity contribution in [1.29, 1.82) is 0 Å². The number of carbonyl (C=O) groups excluding carboxylic acids is 1. The van der Waals surface area contributed by atoms with Crippen molar-refractivity contribution in [2.75, 3.05) is 11.9 Å². The zero-order valence-electron chi connectivity index (χ0n) is 10.9. The predicted molar refractivity (Wildman–Crippen MR) is 80.0 cm³/mol. The van der Waals surface area contributed by atoms with Crippen molar-refractivity contribution in [1.82, 2.24) is 15.1 Å². The number of benzene rings is 1. The molecule has 0 radical (unpaired) electrons. The number of aromatic nitrogens is 2. The topological polar surface area (TPSA) is 79.2 Å². The molecule has 0 aliphatic heterocycles. The summed E-state index contributed by atoms with van der Waals surface area (Å²) >= 11 is 3.45. The lowest BCUT2D eigenvalue weighted by molar-refractivity contribution is 0.229. The summed E-state index contributed by atoms with van der Waals surface area (Å²) in [6.07, 6.45) is 3.27. The van der Waals surface area contributed by atoms with Gasteiger partial charge in [-0.1, -0.05) is 12.1 Å². The van der Waals surface area contributed by atoms with E-state index in [1.807, 2.05) is 24.3 Å². The third kappa shape index (κ3) is 3.58. The zero-order chi connectivity index (χ0) is 14.5. The Kier molecular flexibility index (Phi) is 4.75. The van der Waals surface area contributed by atoms with Crippen LogP contribution in [0.3, 0.4) is 0 Å². The lowest BCUT2D eigenvalue weighted by Gasteiger charge is -2.10. The standard InChI is InChI=1S/C13H15BrN4O2/c1-9(8-19)16-13(20)17-10-6-15-18(7-10)12-5-3-2-4-11(12)14/h2-7,9,19H,8H2,1H3,(H2,16,17,20). The number of hydrogen-bond acceptors (Lipinski definition) is 3. The summed E-state index contributed by atoms with van der Waals surface area (Å²) in [5, 5.41) is 18.3. The number of urea groups is 1. The van der Waals surface area contributed by atoms with Crippen LogP contribution in [0, 0.1) is 0 Å². The molecule has 1 heterocycles. The molecule has 0 fully saturated rings. The Morgan fingerprint density at radius 2 is 2.25 bits per heavy atom. The van der Waals surface area contributed by atoms with E-state index in [4.69, 9.17) is 5.11 Å². The second kappa shape index (κ2) is 6.53. The van der Waals surface area contributed by atoms with Crippen LogP contribution in [0.5, 0.6) is 0 Å². The minimum Gasteiger partial charge on any atom is -0.394 e. The normalized spacial score (nSPS) is 11.9. The minimum atomic E-state index is -0.377. The van der Waals surface area contributed by atoms with Gasteiger partial charge in [-0.3, -0.25) is 0 Å². The van der Waals surface area contributed by atoms with Crippen molar-refractivity contribution in [3.05, 3.63) is 41.1 Å². The lowest BCUT2D eigenvalue weighted by atomic mass is 10.3. The van der Waals surface area contributed by atoms with Crippen LogP contribution in [0.1, 0.15) is 6.92 Å². The van der Waals surface area contributed by atoms with E-state index in [2.05, 4.69) is 31.7 Å². The Bertz CT molecular complexity index is 600. The molecule has 0 saturated carbocycles. The van der Waals surface area contributed by atoms with Crippen LogP contribution in [0.15, 0.2) is 41.1 Å². The summed E-state index contributed by atoms with van der Waals surface area (Å²) in [7, 11) is 0. The fraction of sp³-hybridized carbons (Fsp3) is 0.231. The first-order valence-corrected chi connectivity index (χ1v) is 6.87. The first kappa shape index (κ1) is 14.5. The third-order valence-corrected chi connectivity index (χ3v) is 3.26. The second-order valence-corrected chi connectivity index (χ2v) is 5.16. The van der Waals surface area contributed by atoms with Gasteiger partial charge in [-0.25, -0.2) is 9.48 Å². The predicted octanol–water partition coefficient (Wildman–Crippen LogP) is 2.14.